The van der Waals surface area contributed by atoms with Gasteiger partial charge in [-0.2, -0.15) is 4.98 Å². The maximum atomic E-state index is 13.8. The molecule has 0 amide bonds. The molecule has 0 radical (unpaired) electrons. The summed E-state index contributed by atoms with van der Waals surface area (Å²) in [5.41, 5.74) is 1.72. The molecule has 0 saturated heterocycles. The van der Waals surface area contributed by atoms with E-state index in [0.29, 0.717) is 24.8 Å². The Bertz CT molecular complexity index is 869. The first kappa shape index (κ1) is 17.6. The second-order valence-corrected chi connectivity index (χ2v) is 6.58. The summed E-state index contributed by atoms with van der Waals surface area (Å²) in [4.78, 5) is 6.39. The number of nitrogens with zero attached hydrogens (tertiary/aromatic N) is 3. The van der Waals surface area contributed by atoms with Crippen molar-refractivity contribution in [1.82, 2.24) is 15.0 Å². The Labute approximate surface area is 153 Å². The van der Waals surface area contributed by atoms with E-state index in [1.165, 1.54) is 13.2 Å². The fourth-order valence-electron chi connectivity index (χ4n) is 2.47. The number of hydrogen-bond acceptors (Lipinski definition) is 5. The third-order valence-corrected chi connectivity index (χ3v) is 4.12. The Morgan fingerprint density at radius 1 is 1.20 bits per heavy atom. The minimum absolute atomic E-state index is 0.238. The molecule has 0 fully saturated rings. The molecule has 0 aliphatic heterocycles. The standard InChI is InChI=1S/C18H17BrFN3O2/c1-23(10-12-6-7-16(24-2)15(20)8-12)11-17-21-18(22-25-17)13-4-3-5-14(19)9-13/h3-9H,10-11H2,1-2H3. The van der Waals surface area contributed by atoms with E-state index in [-0.39, 0.29) is 11.6 Å². The molecule has 0 spiro atoms. The van der Waals surface area contributed by atoms with Crippen LogP contribution < -0.4 is 4.74 Å². The number of halogens is 2. The molecule has 2 aromatic carbocycles. The van der Waals surface area contributed by atoms with Gasteiger partial charge in [-0.05, 0) is 36.9 Å². The zero-order chi connectivity index (χ0) is 17.8. The maximum absolute atomic E-state index is 13.8. The van der Waals surface area contributed by atoms with Crippen molar-refractivity contribution >= 4 is 15.9 Å². The van der Waals surface area contributed by atoms with Gasteiger partial charge in [0.05, 0.1) is 13.7 Å². The van der Waals surface area contributed by atoms with Gasteiger partial charge in [0, 0.05) is 16.6 Å². The van der Waals surface area contributed by atoms with Crippen LogP contribution in [-0.4, -0.2) is 29.2 Å². The van der Waals surface area contributed by atoms with Gasteiger partial charge >= 0.3 is 0 Å². The van der Waals surface area contributed by atoms with E-state index in [0.717, 1.165) is 15.6 Å². The molecule has 0 atom stereocenters. The second kappa shape index (κ2) is 7.76. The van der Waals surface area contributed by atoms with Crippen molar-refractivity contribution in [2.24, 2.45) is 0 Å². The van der Waals surface area contributed by atoms with Crippen LogP contribution >= 0.6 is 15.9 Å². The molecule has 3 aromatic rings. The highest BCUT2D eigenvalue weighted by molar-refractivity contribution is 9.10. The molecule has 130 valence electrons. The molecule has 0 N–H and O–H groups in total. The molecular formula is C18H17BrFN3O2. The van der Waals surface area contributed by atoms with E-state index in [2.05, 4.69) is 26.1 Å². The highest BCUT2D eigenvalue weighted by Gasteiger charge is 2.12. The normalized spacial score (nSPS) is 11.1. The van der Waals surface area contributed by atoms with E-state index in [1.807, 2.05) is 42.3 Å². The zero-order valence-corrected chi connectivity index (χ0v) is 15.5. The van der Waals surface area contributed by atoms with Crippen LogP contribution in [0.1, 0.15) is 11.5 Å². The van der Waals surface area contributed by atoms with Crippen LogP contribution in [0.3, 0.4) is 0 Å². The molecule has 3 rings (SSSR count). The Morgan fingerprint density at radius 2 is 2.04 bits per heavy atom. The van der Waals surface area contributed by atoms with Crippen LogP contribution in [0.15, 0.2) is 51.5 Å². The summed E-state index contributed by atoms with van der Waals surface area (Å²) in [6.07, 6.45) is 0. The predicted octanol–water partition coefficient (Wildman–Crippen LogP) is 4.28. The van der Waals surface area contributed by atoms with Crippen molar-refractivity contribution in [2.45, 2.75) is 13.1 Å². The largest absolute Gasteiger partial charge is 0.494 e. The lowest BCUT2D eigenvalue weighted by molar-refractivity contribution is 0.260. The second-order valence-electron chi connectivity index (χ2n) is 5.66. The zero-order valence-electron chi connectivity index (χ0n) is 13.9. The fraction of sp³-hybridized carbons (Fsp3) is 0.222. The molecule has 0 aliphatic rings. The third kappa shape index (κ3) is 4.43. The first-order valence-corrected chi connectivity index (χ1v) is 8.44. The number of ether oxygens (including phenoxy) is 1. The van der Waals surface area contributed by atoms with Crippen molar-refractivity contribution in [3.05, 3.63) is 64.2 Å². The number of benzene rings is 2. The fourth-order valence-corrected chi connectivity index (χ4v) is 2.87. The average Bonchev–Trinajstić information content (AvgIpc) is 3.03. The van der Waals surface area contributed by atoms with Crippen LogP contribution in [0.4, 0.5) is 4.39 Å². The van der Waals surface area contributed by atoms with E-state index >= 15 is 0 Å². The van der Waals surface area contributed by atoms with Crippen molar-refractivity contribution in [3.8, 4) is 17.1 Å². The molecule has 0 bridgehead atoms. The molecule has 1 aromatic heterocycles. The van der Waals surface area contributed by atoms with Crippen molar-refractivity contribution in [1.29, 1.82) is 0 Å². The molecule has 25 heavy (non-hydrogen) atoms. The van der Waals surface area contributed by atoms with Crippen LogP contribution in [0, 0.1) is 5.82 Å². The van der Waals surface area contributed by atoms with Gasteiger partial charge in [0.15, 0.2) is 11.6 Å². The summed E-state index contributed by atoms with van der Waals surface area (Å²) in [7, 11) is 3.35. The van der Waals surface area contributed by atoms with Gasteiger partial charge in [0.1, 0.15) is 0 Å². The molecule has 5 nitrogen and oxygen atoms in total. The monoisotopic (exact) mass is 405 g/mol. The van der Waals surface area contributed by atoms with Gasteiger partial charge in [-0.25, -0.2) is 4.39 Å². The SMILES string of the molecule is COc1ccc(CN(C)Cc2nc(-c3cccc(Br)c3)no2)cc1F. The van der Waals surface area contributed by atoms with Crippen LogP contribution in [0.2, 0.25) is 0 Å². The van der Waals surface area contributed by atoms with Crippen LogP contribution in [0.5, 0.6) is 5.75 Å². The molecule has 0 aliphatic carbocycles. The summed E-state index contributed by atoms with van der Waals surface area (Å²) in [5.74, 6) is 0.914. The van der Waals surface area contributed by atoms with Gasteiger partial charge in [0.2, 0.25) is 11.7 Å². The minimum atomic E-state index is -0.372. The average molecular weight is 406 g/mol. The molecule has 0 saturated carbocycles. The molecular weight excluding hydrogens is 389 g/mol. The van der Waals surface area contributed by atoms with Crippen molar-refractivity contribution in [2.75, 3.05) is 14.2 Å². The summed E-state index contributed by atoms with van der Waals surface area (Å²) in [6.45, 7) is 1.02. The van der Waals surface area contributed by atoms with E-state index < -0.39 is 0 Å². The van der Waals surface area contributed by atoms with Gasteiger partial charge in [-0.1, -0.05) is 39.3 Å². The van der Waals surface area contributed by atoms with Gasteiger partial charge < -0.3 is 9.26 Å². The summed E-state index contributed by atoms with van der Waals surface area (Å²) < 4.78 is 25.0. The lowest BCUT2D eigenvalue weighted by Gasteiger charge is -2.14. The van der Waals surface area contributed by atoms with Gasteiger partial charge in [-0.15, -0.1) is 0 Å². The minimum Gasteiger partial charge on any atom is -0.494 e. The molecule has 7 heteroatoms. The Balaban J connectivity index is 1.65. The van der Waals surface area contributed by atoms with E-state index in [9.17, 15) is 4.39 Å². The van der Waals surface area contributed by atoms with Crippen LogP contribution in [0.25, 0.3) is 11.4 Å². The number of methoxy groups -OCH3 is 1. The summed E-state index contributed by atoms with van der Waals surface area (Å²) >= 11 is 3.43. The molecule has 0 unspecified atom stereocenters. The Hall–Kier alpha value is -2.25. The van der Waals surface area contributed by atoms with E-state index in [4.69, 9.17) is 9.26 Å². The topological polar surface area (TPSA) is 51.4 Å². The van der Waals surface area contributed by atoms with Crippen molar-refractivity contribution < 1.29 is 13.7 Å². The highest BCUT2D eigenvalue weighted by Crippen LogP contribution is 2.21. The highest BCUT2D eigenvalue weighted by atomic mass is 79.9. The predicted molar refractivity (Wildman–Crippen MR) is 95.6 cm³/mol. The van der Waals surface area contributed by atoms with Gasteiger partial charge in [-0.3, -0.25) is 4.90 Å². The van der Waals surface area contributed by atoms with E-state index in [1.54, 1.807) is 6.07 Å². The smallest absolute Gasteiger partial charge is 0.241 e. The number of rotatable bonds is 6. The van der Waals surface area contributed by atoms with Gasteiger partial charge in [0.25, 0.3) is 0 Å². The third-order valence-electron chi connectivity index (χ3n) is 3.62. The lowest BCUT2D eigenvalue weighted by Crippen LogP contribution is -2.17. The quantitative estimate of drug-likeness (QED) is 0.612. The summed E-state index contributed by atoms with van der Waals surface area (Å²) in [6, 6.07) is 12.6. The number of aromatic nitrogens is 2. The van der Waals surface area contributed by atoms with Crippen LogP contribution in [-0.2, 0) is 13.1 Å². The lowest BCUT2D eigenvalue weighted by atomic mass is 10.2. The first-order chi connectivity index (χ1) is 12.0. The Morgan fingerprint density at radius 3 is 2.76 bits per heavy atom. The number of hydrogen-bond donors (Lipinski definition) is 0. The summed E-state index contributed by atoms with van der Waals surface area (Å²) in [5, 5.41) is 4.01. The molecule has 1 heterocycles. The van der Waals surface area contributed by atoms with Crippen molar-refractivity contribution in [3.63, 3.8) is 0 Å². The maximum Gasteiger partial charge on any atom is 0.241 e. The first-order valence-electron chi connectivity index (χ1n) is 7.64. The Kier molecular flexibility index (Phi) is 5.45.